The van der Waals surface area contributed by atoms with Crippen LogP contribution < -0.4 is 4.90 Å². The van der Waals surface area contributed by atoms with Crippen LogP contribution >= 0.6 is 0 Å². The van der Waals surface area contributed by atoms with Gasteiger partial charge in [-0.3, -0.25) is 0 Å². The maximum atomic E-state index is 2.51. The highest BCUT2D eigenvalue weighted by atomic mass is 15.1. The van der Waals surface area contributed by atoms with Crippen LogP contribution in [0.4, 0.5) is 17.1 Å². The van der Waals surface area contributed by atoms with Crippen molar-refractivity contribution in [3.8, 4) is 77.9 Å². The van der Waals surface area contributed by atoms with E-state index < -0.39 is 0 Å². The summed E-state index contributed by atoms with van der Waals surface area (Å²) in [5.74, 6) is 0. The van der Waals surface area contributed by atoms with Gasteiger partial charge in [0.15, 0.2) is 0 Å². The maximum Gasteiger partial charge on any atom is 0.0546 e. The highest BCUT2D eigenvalue weighted by Gasteiger charge is 2.37. The normalized spacial score (nSPS) is 12.4. The Morgan fingerprint density at radius 1 is 0.265 bits per heavy atom. The average Bonchev–Trinajstić information content (AvgIpc) is 3.65. The molecule has 0 saturated carbocycles. The lowest BCUT2D eigenvalue weighted by Gasteiger charge is -2.32. The zero-order valence-electron chi connectivity index (χ0n) is 38.3. The van der Waals surface area contributed by atoms with Crippen LogP contribution in [0.25, 0.3) is 88.7 Å². The Morgan fingerprint density at radius 3 is 1.46 bits per heavy atom. The topological polar surface area (TPSA) is 3.24 Å². The highest BCUT2D eigenvalue weighted by molar-refractivity contribution is 6.04. The summed E-state index contributed by atoms with van der Waals surface area (Å²) in [5.41, 5.74) is 22.8. The lowest BCUT2D eigenvalue weighted by atomic mass is 9.82. The van der Waals surface area contributed by atoms with Gasteiger partial charge in [-0.2, -0.15) is 0 Å². The van der Waals surface area contributed by atoms with Gasteiger partial charge in [0.1, 0.15) is 0 Å². The summed E-state index contributed by atoms with van der Waals surface area (Å²) in [7, 11) is 0. The first-order valence-electron chi connectivity index (χ1n) is 23.7. The molecule has 0 aliphatic heterocycles. The molecule has 11 aromatic carbocycles. The van der Waals surface area contributed by atoms with E-state index in [2.05, 4.69) is 280 Å². The van der Waals surface area contributed by atoms with Crippen molar-refractivity contribution in [2.75, 3.05) is 4.90 Å². The smallest absolute Gasteiger partial charge is 0.0546 e. The second kappa shape index (κ2) is 17.0. The van der Waals surface area contributed by atoms with Gasteiger partial charge < -0.3 is 4.90 Å². The van der Waals surface area contributed by atoms with Crippen LogP contribution in [0, 0.1) is 0 Å². The summed E-state index contributed by atoms with van der Waals surface area (Å²) in [4.78, 5) is 2.51. The Balaban J connectivity index is 1.06. The molecule has 0 fully saturated rings. The number of benzene rings is 11. The number of anilines is 3. The second-order valence-corrected chi connectivity index (χ2v) is 18.4. The van der Waals surface area contributed by atoms with Crippen molar-refractivity contribution < 1.29 is 0 Å². The van der Waals surface area contributed by atoms with E-state index in [1.165, 1.54) is 99.8 Å². The van der Waals surface area contributed by atoms with Gasteiger partial charge in [-0.15, -0.1) is 0 Å². The van der Waals surface area contributed by atoms with Crippen molar-refractivity contribution in [3.05, 3.63) is 272 Å². The molecule has 1 heteroatoms. The maximum absolute atomic E-state index is 2.51. The predicted octanol–water partition coefficient (Wildman–Crippen LogP) is 18.6. The third-order valence-corrected chi connectivity index (χ3v) is 14.1. The molecule has 0 heterocycles. The van der Waals surface area contributed by atoms with Crippen molar-refractivity contribution >= 4 is 27.8 Å². The lowest BCUT2D eigenvalue weighted by molar-refractivity contribution is 0.660. The van der Waals surface area contributed by atoms with E-state index in [0.717, 1.165) is 17.1 Å². The van der Waals surface area contributed by atoms with E-state index in [4.69, 9.17) is 0 Å². The molecule has 0 bridgehead atoms. The third kappa shape index (κ3) is 7.12. The zero-order valence-corrected chi connectivity index (χ0v) is 38.3. The van der Waals surface area contributed by atoms with Crippen molar-refractivity contribution in [2.24, 2.45) is 0 Å². The first-order valence-corrected chi connectivity index (χ1v) is 23.7. The molecule has 0 spiro atoms. The third-order valence-electron chi connectivity index (χ3n) is 14.1. The Bertz CT molecular complexity index is 3620. The molecule has 1 nitrogen and oxygen atoms in total. The molecule has 0 aromatic heterocycles. The van der Waals surface area contributed by atoms with E-state index >= 15 is 0 Å². The quantitative estimate of drug-likeness (QED) is 0.140. The molecule has 322 valence electrons. The summed E-state index contributed by atoms with van der Waals surface area (Å²) < 4.78 is 0. The molecule has 0 N–H and O–H groups in total. The zero-order chi connectivity index (χ0) is 45.6. The SMILES string of the molecule is CC1(C)c2ccccc2-c2c(-c3ccccc3N(c3ccc(-c4ccc(-c5ccc6ccccc6c5)cc4)cc3)c3cccc(-c4ccccc4)c3-c3ccccc3-c3ccccc3)cccc21. The van der Waals surface area contributed by atoms with Crippen LogP contribution in [0.1, 0.15) is 25.0 Å². The number of nitrogens with zero attached hydrogens (tertiary/aromatic N) is 1. The molecule has 12 rings (SSSR count). The summed E-state index contributed by atoms with van der Waals surface area (Å²) in [6.07, 6.45) is 0. The van der Waals surface area contributed by atoms with Crippen molar-refractivity contribution in [3.63, 3.8) is 0 Å². The highest BCUT2D eigenvalue weighted by Crippen LogP contribution is 2.55. The van der Waals surface area contributed by atoms with Gasteiger partial charge in [-0.25, -0.2) is 0 Å². The van der Waals surface area contributed by atoms with E-state index in [-0.39, 0.29) is 5.41 Å². The van der Waals surface area contributed by atoms with Crippen LogP contribution in [-0.4, -0.2) is 0 Å². The van der Waals surface area contributed by atoms with Gasteiger partial charge in [-0.1, -0.05) is 244 Å². The Morgan fingerprint density at radius 2 is 0.735 bits per heavy atom. The molecular formula is C67H49N. The molecule has 11 aromatic rings. The molecule has 0 radical (unpaired) electrons. The van der Waals surface area contributed by atoms with Crippen molar-refractivity contribution in [2.45, 2.75) is 19.3 Å². The Kier molecular flexibility index (Phi) is 10.3. The molecule has 1 aliphatic carbocycles. The minimum Gasteiger partial charge on any atom is -0.309 e. The number of hydrogen-bond acceptors (Lipinski definition) is 1. The monoisotopic (exact) mass is 867 g/mol. The molecule has 0 unspecified atom stereocenters. The Hall–Kier alpha value is -8.52. The van der Waals surface area contributed by atoms with Gasteiger partial charge >= 0.3 is 0 Å². The number of rotatable bonds is 9. The van der Waals surface area contributed by atoms with Crippen molar-refractivity contribution in [1.82, 2.24) is 0 Å². The number of para-hydroxylation sites is 1. The minimum atomic E-state index is -0.127. The second-order valence-electron chi connectivity index (χ2n) is 18.4. The van der Waals surface area contributed by atoms with Gasteiger partial charge in [0, 0.05) is 22.2 Å². The van der Waals surface area contributed by atoms with Crippen molar-refractivity contribution in [1.29, 1.82) is 0 Å². The summed E-state index contributed by atoms with van der Waals surface area (Å²) in [6.45, 7) is 4.73. The van der Waals surface area contributed by atoms with E-state index in [9.17, 15) is 0 Å². The fraction of sp³-hybridized carbons (Fsp3) is 0.0448. The summed E-state index contributed by atoms with van der Waals surface area (Å²) in [5, 5.41) is 2.51. The molecule has 1 aliphatic rings. The fourth-order valence-electron chi connectivity index (χ4n) is 10.7. The Labute approximate surface area is 399 Å². The number of hydrogen-bond donors (Lipinski definition) is 0. The first-order chi connectivity index (χ1) is 33.5. The molecule has 0 atom stereocenters. The average molecular weight is 868 g/mol. The molecule has 68 heavy (non-hydrogen) atoms. The van der Waals surface area contributed by atoms with Crippen LogP contribution in [0.2, 0.25) is 0 Å². The van der Waals surface area contributed by atoms with Crippen LogP contribution in [-0.2, 0) is 5.41 Å². The minimum absolute atomic E-state index is 0.127. The van der Waals surface area contributed by atoms with Gasteiger partial charge in [-0.05, 0) is 119 Å². The molecule has 0 saturated heterocycles. The predicted molar refractivity (Wildman–Crippen MR) is 289 cm³/mol. The molecule has 0 amide bonds. The van der Waals surface area contributed by atoms with E-state index in [1.807, 2.05) is 0 Å². The largest absolute Gasteiger partial charge is 0.309 e. The van der Waals surface area contributed by atoms with E-state index in [0.29, 0.717) is 0 Å². The van der Waals surface area contributed by atoms with Gasteiger partial charge in [0.05, 0.1) is 11.4 Å². The van der Waals surface area contributed by atoms with Gasteiger partial charge in [0.2, 0.25) is 0 Å². The number of fused-ring (bicyclic) bond motifs is 4. The lowest BCUT2D eigenvalue weighted by Crippen LogP contribution is -2.15. The van der Waals surface area contributed by atoms with Crippen LogP contribution in [0.15, 0.2) is 261 Å². The summed E-state index contributed by atoms with van der Waals surface area (Å²) in [6, 6.07) is 95.7. The summed E-state index contributed by atoms with van der Waals surface area (Å²) >= 11 is 0. The van der Waals surface area contributed by atoms with Crippen LogP contribution in [0.5, 0.6) is 0 Å². The standard InChI is InChI=1S/C67H49N/c1-67(2)61-31-15-13-28-60(61)65-59(30-17-32-62(65)67)57-26-14-16-33-63(57)68(54-43-41-48(42-44-54)47-35-37-49(38-36-47)53-40-39-46-19-9-10-24-52(46)45-53)64-34-18-29-56(51-22-7-4-8-23-51)66(64)58-27-12-11-25-55(58)50-20-5-3-6-21-50/h3-45H,1-2H3. The van der Waals surface area contributed by atoms with E-state index in [1.54, 1.807) is 0 Å². The van der Waals surface area contributed by atoms with Gasteiger partial charge in [0.25, 0.3) is 0 Å². The fourth-order valence-corrected chi connectivity index (χ4v) is 10.7. The molecular weight excluding hydrogens is 819 g/mol. The van der Waals surface area contributed by atoms with Crippen LogP contribution in [0.3, 0.4) is 0 Å². The first kappa shape index (κ1) is 40.9.